The molecule has 0 aliphatic heterocycles. The van der Waals surface area contributed by atoms with Gasteiger partial charge >= 0.3 is 11.9 Å². The second kappa shape index (κ2) is 5.13. The van der Waals surface area contributed by atoms with E-state index < -0.39 is 29.8 Å². The molecule has 17 heavy (non-hydrogen) atoms. The van der Waals surface area contributed by atoms with Crippen molar-refractivity contribution in [3.8, 4) is 0 Å². The van der Waals surface area contributed by atoms with Gasteiger partial charge in [-0.05, 0) is 0 Å². The van der Waals surface area contributed by atoms with Crippen molar-refractivity contribution in [2.24, 2.45) is 0 Å². The molecule has 0 fully saturated rings. The Morgan fingerprint density at radius 3 is 2.59 bits per heavy atom. The second-order valence-corrected chi connectivity index (χ2v) is 3.22. The highest BCUT2D eigenvalue weighted by Crippen LogP contribution is 2.11. The van der Waals surface area contributed by atoms with Crippen LogP contribution in [-0.2, 0) is 6.54 Å². The van der Waals surface area contributed by atoms with Gasteiger partial charge in [0.15, 0.2) is 0 Å². The number of rotatable bonds is 4. The van der Waals surface area contributed by atoms with Crippen molar-refractivity contribution in [1.29, 1.82) is 0 Å². The molecule has 0 aliphatic rings. The van der Waals surface area contributed by atoms with Gasteiger partial charge < -0.3 is 5.32 Å². The Labute approximate surface area is 92.1 Å². The fourth-order valence-electron chi connectivity index (χ4n) is 1.08. The van der Waals surface area contributed by atoms with Crippen molar-refractivity contribution in [2.75, 3.05) is 13.1 Å². The summed E-state index contributed by atoms with van der Waals surface area (Å²) < 4.78 is 48.7. The maximum atomic E-state index is 12.8. The first kappa shape index (κ1) is 13.4. The summed E-state index contributed by atoms with van der Waals surface area (Å²) in [7, 11) is 0. The predicted octanol–water partition coefficient (Wildman–Crippen LogP) is -0.172. The van der Waals surface area contributed by atoms with Gasteiger partial charge in [-0.3, -0.25) is 14.3 Å². The number of hydrogen-bond acceptors (Lipinski definition) is 3. The van der Waals surface area contributed by atoms with Crippen LogP contribution in [0.5, 0.6) is 0 Å². The summed E-state index contributed by atoms with van der Waals surface area (Å²) in [5.74, 6) is -1.17. The van der Waals surface area contributed by atoms with Gasteiger partial charge in [-0.15, -0.1) is 0 Å². The van der Waals surface area contributed by atoms with E-state index in [2.05, 4.69) is 0 Å². The van der Waals surface area contributed by atoms with Gasteiger partial charge in [-0.1, -0.05) is 0 Å². The molecule has 1 aromatic heterocycles. The molecule has 0 saturated carbocycles. The van der Waals surface area contributed by atoms with Crippen LogP contribution in [-0.4, -0.2) is 28.8 Å². The van der Waals surface area contributed by atoms with E-state index in [1.807, 2.05) is 5.32 Å². The lowest BCUT2D eigenvalue weighted by Gasteiger charge is -2.09. The Morgan fingerprint density at radius 2 is 2.00 bits per heavy atom. The first-order valence-electron chi connectivity index (χ1n) is 4.56. The number of nitrogens with one attached hydrogen (secondary N) is 2. The van der Waals surface area contributed by atoms with Crippen molar-refractivity contribution in [3.63, 3.8) is 0 Å². The first-order chi connectivity index (χ1) is 7.79. The molecule has 5 nitrogen and oxygen atoms in total. The number of hydrogen-bond donors (Lipinski definition) is 2. The molecule has 0 saturated heterocycles. The molecule has 9 heteroatoms. The fourth-order valence-corrected chi connectivity index (χ4v) is 1.08. The second-order valence-electron chi connectivity index (χ2n) is 3.22. The van der Waals surface area contributed by atoms with Crippen molar-refractivity contribution in [3.05, 3.63) is 32.9 Å². The van der Waals surface area contributed by atoms with Gasteiger partial charge in [0.2, 0.25) is 5.82 Å². The van der Waals surface area contributed by atoms with Gasteiger partial charge in [0.05, 0.1) is 12.7 Å². The van der Waals surface area contributed by atoms with Gasteiger partial charge in [0.1, 0.15) is 0 Å². The molecule has 96 valence electrons. The summed E-state index contributed by atoms with van der Waals surface area (Å²) in [5, 5.41) is 2.04. The number of halogens is 4. The summed E-state index contributed by atoms with van der Waals surface area (Å²) in [6, 6.07) is 0. The Morgan fingerprint density at radius 1 is 1.35 bits per heavy atom. The third-order valence-corrected chi connectivity index (χ3v) is 1.82. The van der Waals surface area contributed by atoms with E-state index in [9.17, 15) is 27.2 Å². The fraction of sp³-hybridized carbons (Fsp3) is 0.500. The minimum absolute atomic E-state index is 0.176. The topological polar surface area (TPSA) is 66.9 Å². The minimum Gasteiger partial charge on any atom is -0.307 e. The zero-order valence-corrected chi connectivity index (χ0v) is 8.47. The Bertz CT molecular complexity index is 491. The molecule has 0 radical (unpaired) electrons. The predicted molar refractivity (Wildman–Crippen MR) is 50.2 cm³/mol. The van der Waals surface area contributed by atoms with E-state index in [1.54, 1.807) is 4.98 Å². The number of aromatic amines is 1. The SMILES string of the molecule is O=c1[nH]c(=O)n(CCNCC(F)(F)F)cc1F. The van der Waals surface area contributed by atoms with Crippen LogP contribution in [0.15, 0.2) is 15.8 Å². The third kappa shape index (κ3) is 4.39. The molecular formula is C8H9F4N3O2. The molecule has 0 aromatic carbocycles. The Balaban J connectivity index is 2.56. The molecule has 1 aromatic rings. The Kier molecular flexibility index (Phi) is 4.05. The van der Waals surface area contributed by atoms with Crippen molar-refractivity contribution >= 4 is 0 Å². The van der Waals surface area contributed by atoms with Crippen LogP contribution in [0.2, 0.25) is 0 Å². The molecule has 0 atom stereocenters. The normalized spacial score (nSPS) is 11.8. The number of nitrogens with zero attached hydrogens (tertiary/aromatic N) is 1. The molecule has 0 unspecified atom stereocenters. The summed E-state index contributed by atoms with van der Waals surface area (Å²) in [4.78, 5) is 23.4. The number of H-pyrrole nitrogens is 1. The molecule has 0 spiro atoms. The van der Waals surface area contributed by atoms with Gasteiger partial charge in [0.25, 0.3) is 5.56 Å². The average molecular weight is 255 g/mol. The van der Waals surface area contributed by atoms with Crippen LogP contribution in [0.25, 0.3) is 0 Å². The molecule has 1 rings (SSSR count). The largest absolute Gasteiger partial charge is 0.401 e. The van der Waals surface area contributed by atoms with Gasteiger partial charge in [0, 0.05) is 13.1 Å². The monoisotopic (exact) mass is 255 g/mol. The lowest BCUT2D eigenvalue weighted by atomic mass is 10.5. The lowest BCUT2D eigenvalue weighted by molar-refractivity contribution is -0.124. The third-order valence-electron chi connectivity index (χ3n) is 1.82. The van der Waals surface area contributed by atoms with E-state index in [0.29, 0.717) is 6.20 Å². The summed E-state index contributed by atoms with van der Waals surface area (Å²) in [6.45, 7) is -1.55. The van der Waals surface area contributed by atoms with E-state index in [1.165, 1.54) is 0 Å². The zero-order chi connectivity index (χ0) is 13.1. The molecular weight excluding hydrogens is 246 g/mol. The summed E-state index contributed by atoms with van der Waals surface area (Å²) >= 11 is 0. The smallest absolute Gasteiger partial charge is 0.307 e. The van der Waals surface area contributed by atoms with E-state index in [0.717, 1.165) is 4.57 Å². The molecule has 0 bridgehead atoms. The molecule has 0 aliphatic carbocycles. The highest BCUT2D eigenvalue weighted by Gasteiger charge is 2.25. The average Bonchev–Trinajstić information content (AvgIpc) is 2.18. The first-order valence-corrected chi connectivity index (χ1v) is 4.56. The quantitative estimate of drug-likeness (QED) is 0.579. The number of alkyl halides is 3. The highest BCUT2D eigenvalue weighted by atomic mass is 19.4. The van der Waals surface area contributed by atoms with Crippen LogP contribution in [0.3, 0.4) is 0 Å². The Hall–Kier alpha value is -1.64. The lowest BCUT2D eigenvalue weighted by Crippen LogP contribution is -2.36. The van der Waals surface area contributed by atoms with Crippen molar-refractivity contribution in [1.82, 2.24) is 14.9 Å². The van der Waals surface area contributed by atoms with E-state index >= 15 is 0 Å². The zero-order valence-electron chi connectivity index (χ0n) is 8.47. The van der Waals surface area contributed by atoms with Crippen LogP contribution >= 0.6 is 0 Å². The van der Waals surface area contributed by atoms with Crippen molar-refractivity contribution in [2.45, 2.75) is 12.7 Å². The van der Waals surface area contributed by atoms with Crippen LogP contribution in [0, 0.1) is 5.82 Å². The van der Waals surface area contributed by atoms with E-state index in [4.69, 9.17) is 0 Å². The van der Waals surface area contributed by atoms with Crippen molar-refractivity contribution < 1.29 is 17.6 Å². The van der Waals surface area contributed by atoms with Gasteiger partial charge in [-0.2, -0.15) is 17.6 Å². The standard InChI is InChI=1S/C8H9F4N3O2/c9-5-3-15(7(17)14-6(5)16)2-1-13-4-8(10,11)12/h3,13H,1-2,4H2,(H,14,16,17). The molecule has 2 N–H and O–H groups in total. The number of aromatic nitrogens is 2. The van der Waals surface area contributed by atoms with E-state index in [-0.39, 0.29) is 13.1 Å². The highest BCUT2D eigenvalue weighted by molar-refractivity contribution is 4.87. The van der Waals surface area contributed by atoms with Crippen LogP contribution in [0.4, 0.5) is 17.6 Å². The molecule has 1 heterocycles. The van der Waals surface area contributed by atoms with Crippen LogP contribution < -0.4 is 16.6 Å². The summed E-state index contributed by atoms with van der Waals surface area (Å²) in [5.41, 5.74) is -2.03. The van der Waals surface area contributed by atoms with Gasteiger partial charge in [-0.25, -0.2) is 4.79 Å². The maximum Gasteiger partial charge on any atom is 0.401 e. The minimum atomic E-state index is -4.35. The summed E-state index contributed by atoms with van der Waals surface area (Å²) in [6.07, 6.45) is -3.70. The van der Waals surface area contributed by atoms with Crippen LogP contribution in [0.1, 0.15) is 0 Å². The maximum absolute atomic E-state index is 12.8. The molecule has 0 amide bonds.